The van der Waals surface area contributed by atoms with Crippen molar-refractivity contribution >= 4 is 40.3 Å². The van der Waals surface area contributed by atoms with Gasteiger partial charge >= 0.3 is 6.03 Å². The average Bonchev–Trinajstić information content (AvgIpc) is 3.25. The first kappa shape index (κ1) is 21.1. The van der Waals surface area contributed by atoms with Crippen LogP contribution in [0.15, 0.2) is 24.5 Å². The summed E-state index contributed by atoms with van der Waals surface area (Å²) in [4.78, 5) is 28.9. The molecule has 3 atom stereocenters. The number of nitrogens with zero attached hydrogens (tertiary/aromatic N) is 5. The van der Waals surface area contributed by atoms with Gasteiger partial charge in [-0.25, -0.2) is 14.3 Å². The number of nitrogens with one attached hydrogen (secondary N) is 3. The summed E-state index contributed by atoms with van der Waals surface area (Å²) in [5.41, 5.74) is 3.98. The smallest absolute Gasteiger partial charge is 0.328 e. The number of amides is 1. The molecule has 0 radical (unpaired) electrons. The van der Waals surface area contributed by atoms with Gasteiger partial charge in [0.05, 0.1) is 31.5 Å². The van der Waals surface area contributed by atoms with Gasteiger partial charge in [-0.1, -0.05) is 0 Å². The Balaban J connectivity index is 1.44. The lowest BCUT2D eigenvalue weighted by atomic mass is 9.89. The van der Waals surface area contributed by atoms with E-state index in [1.165, 1.54) is 10.9 Å². The SMILES string of the molecule is CNc1nc2nc3c1ncn3C(=O)N[C@@H]1CC[C@H]1OCc1cc(cc(N3CCO[C@H](C)C3)c1)N2. The van der Waals surface area contributed by atoms with Gasteiger partial charge in [-0.15, -0.1) is 0 Å². The minimum Gasteiger partial charge on any atom is -0.375 e. The third-order valence-electron chi connectivity index (χ3n) is 6.68. The third-order valence-corrected chi connectivity index (χ3v) is 6.68. The van der Waals surface area contributed by atoms with E-state index in [2.05, 4.69) is 60.9 Å². The Morgan fingerprint density at radius 1 is 1.18 bits per heavy atom. The van der Waals surface area contributed by atoms with Crippen molar-refractivity contribution in [1.29, 1.82) is 0 Å². The second-order valence-electron chi connectivity index (χ2n) is 9.06. The van der Waals surface area contributed by atoms with Crippen LogP contribution in [0.3, 0.4) is 0 Å². The number of anilines is 4. The minimum absolute atomic E-state index is 0.0248. The molecule has 0 unspecified atom stereocenters. The van der Waals surface area contributed by atoms with Crippen molar-refractivity contribution in [1.82, 2.24) is 24.8 Å². The number of imidazole rings is 1. The van der Waals surface area contributed by atoms with E-state index in [4.69, 9.17) is 9.47 Å². The molecule has 11 nitrogen and oxygen atoms in total. The maximum Gasteiger partial charge on any atom is 0.328 e. The molecule has 2 aliphatic heterocycles. The third kappa shape index (κ3) is 3.80. The number of hydrogen-bond acceptors (Lipinski definition) is 9. The standard InChI is InChI=1S/C23H28N8O3/c1-13-10-30(5-6-33-13)16-8-14-7-15(9-16)26-22-28-20(24-2)19-21(29-22)31(12-25-19)23(32)27-17-3-4-18(17)34-11-14/h7-9,12-13,17-18H,3-6,10-11H2,1-2H3,(H,27,32)(H2,24,26,28,29)/t13-,17-,18-/m1/s1. The summed E-state index contributed by atoms with van der Waals surface area (Å²) in [5, 5.41) is 9.48. The van der Waals surface area contributed by atoms with Crippen molar-refractivity contribution in [2.45, 2.75) is 44.6 Å². The number of rotatable bonds is 2. The van der Waals surface area contributed by atoms with E-state index in [1.54, 1.807) is 7.05 Å². The van der Waals surface area contributed by atoms with Gasteiger partial charge < -0.3 is 30.3 Å². The molecule has 2 aromatic heterocycles. The number of carbonyl (C=O) groups excluding carboxylic acids is 1. The van der Waals surface area contributed by atoms with Crippen LogP contribution < -0.4 is 20.9 Å². The van der Waals surface area contributed by atoms with E-state index in [-0.39, 0.29) is 24.3 Å². The van der Waals surface area contributed by atoms with E-state index in [0.29, 0.717) is 36.1 Å². The van der Waals surface area contributed by atoms with Gasteiger partial charge in [0.15, 0.2) is 17.0 Å². The maximum absolute atomic E-state index is 13.0. The molecule has 1 saturated carbocycles. The van der Waals surface area contributed by atoms with Crippen LogP contribution in [0.1, 0.15) is 25.3 Å². The number of benzene rings is 1. The molecule has 2 fully saturated rings. The molecule has 1 saturated heterocycles. The number of fused-ring (bicyclic) bond motifs is 4. The summed E-state index contributed by atoms with van der Waals surface area (Å²) in [6.45, 7) is 4.90. The summed E-state index contributed by atoms with van der Waals surface area (Å²) in [6.07, 6.45) is 3.42. The number of carbonyl (C=O) groups is 1. The Kier molecular flexibility index (Phi) is 5.22. The van der Waals surface area contributed by atoms with Crippen LogP contribution in [0.4, 0.5) is 27.9 Å². The molecule has 11 heteroatoms. The first-order valence-corrected chi connectivity index (χ1v) is 11.7. The van der Waals surface area contributed by atoms with Crippen LogP contribution in [0, 0.1) is 0 Å². The van der Waals surface area contributed by atoms with Crippen LogP contribution in [-0.4, -0.2) is 70.5 Å². The van der Waals surface area contributed by atoms with E-state index >= 15 is 0 Å². The van der Waals surface area contributed by atoms with Gasteiger partial charge in [0, 0.05) is 31.5 Å². The molecule has 0 spiro atoms. The van der Waals surface area contributed by atoms with Crippen LogP contribution in [-0.2, 0) is 16.1 Å². The summed E-state index contributed by atoms with van der Waals surface area (Å²) >= 11 is 0. The summed E-state index contributed by atoms with van der Waals surface area (Å²) in [5.74, 6) is 0.929. The maximum atomic E-state index is 13.0. The highest BCUT2D eigenvalue weighted by atomic mass is 16.5. The zero-order valence-corrected chi connectivity index (χ0v) is 19.2. The highest BCUT2D eigenvalue weighted by Crippen LogP contribution is 2.30. The molecule has 4 bridgehead atoms. The second-order valence-corrected chi connectivity index (χ2v) is 9.06. The summed E-state index contributed by atoms with van der Waals surface area (Å²) < 4.78 is 13.4. The largest absolute Gasteiger partial charge is 0.375 e. The average molecular weight is 465 g/mol. The van der Waals surface area contributed by atoms with Crippen LogP contribution in [0.2, 0.25) is 0 Å². The van der Waals surface area contributed by atoms with Crippen LogP contribution in [0.5, 0.6) is 0 Å². The zero-order chi connectivity index (χ0) is 23.2. The molecular formula is C23H28N8O3. The van der Waals surface area contributed by atoms with Crippen LogP contribution >= 0.6 is 0 Å². The van der Waals surface area contributed by atoms with Gasteiger partial charge in [-0.3, -0.25) is 0 Å². The predicted octanol–water partition coefficient (Wildman–Crippen LogP) is 2.46. The Hall–Kier alpha value is -3.44. The normalized spacial score (nSPS) is 24.6. The number of aromatic nitrogens is 4. The van der Waals surface area contributed by atoms with Gasteiger partial charge in [-0.2, -0.15) is 9.97 Å². The van der Waals surface area contributed by atoms with Crippen molar-refractivity contribution in [2.24, 2.45) is 0 Å². The van der Waals surface area contributed by atoms with Gasteiger partial charge in [0.25, 0.3) is 0 Å². The van der Waals surface area contributed by atoms with Crippen molar-refractivity contribution in [3.63, 3.8) is 0 Å². The Morgan fingerprint density at radius 3 is 2.88 bits per heavy atom. The quantitative estimate of drug-likeness (QED) is 0.525. The molecule has 3 N–H and O–H groups in total. The fourth-order valence-electron chi connectivity index (χ4n) is 4.74. The van der Waals surface area contributed by atoms with Gasteiger partial charge in [0.1, 0.15) is 6.33 Å². The first-order chi connectivity index (χ1) is 16.6. The first-order valence-electron chi connectivity index (χ1n) is 11.7. The number of ether oxygens (including phenoxy) is 2. The molecule has 3 aromatic rings. The van der Waals surface area contributed by atoms with Crippen molar-refractivity contribution in [3.8, 4) is 0 Å². The molecule has 178 valence electrons. The Morgan fingerprint density at radius 2 is 2.09 bits per heavy atom. The molecular weight excluding hydrogens is 436 g/mol. The molecule has 34 heavy (non-hydrogen) atoms. The van der Waals surface area contributed by atoms with Crippen molar-refractivity contribution in [2.75, 3.05) is 42.3 Å². The molecule has 1 aliphatic carbocycles. The minimum atomic E-state index is -0.271. The fraction of sp³-hybridized carbons (Fsp3) is 0.478. The predicted molar refractivity (Wildman–Crippen MR) is 128 cm³/mol. The van der Waals surface area contributed by atoms with E-state index in [1.807, 2.05) is 0 Å². The lowest BCUT2D eigenvalue weighted by Crippen LogP contribution is -2.52. The molecule has 4 heterocycles. The topological polar surface area (TPSA) is 118 Å². The Labute approximate surface area is 196 Å². The fourth-order valence-corrected chi connectivity index (χ4v) is 4.74. The van der Waals surface area contributed by atoms with Gasteiger partial charge in [0.2, 0.25) is 5.95 Å². The molecule has 3 aliphatic rings. The van der Waals surface area contributed by atoms with Crippen molar-refractivity contribution < 1.29 is 14.3 Å². The van der Waals surface area contributed by atoms with Crippen molar-refractivity contribution in [3.05, 3.63) is 30.1 Å². The lowest BCUT2D eigenvalue weighted by molar-refractivity contribution is -0.0323. The van der Waals surface area contributed by atoms with E-state index in [9.17, 15) is 4.79 Å². The van der Waals surface area contributed by atoms with E-state index < -0.39 is 0 Å². The number of morpholine rings is 1. The van der Waals surface area contributed by atoms with Gasteiger partial charge in [-0.05, 0) is 43.5 Å². The highest BCUT2D eigenvalue weighted by molar-refractivity contribution is 5.92. The second kappa shape index (κ2) is 8.41. The summed E-state index contributed by atoms with van der Waals surface area (Å²) in [7, 11) is 1.78. The molecule has 1 amide bonds. The summed E-state index contributed by atoms with van der Waals surface area (Å²) in [6, 6.07) is 6.01. The zero-order valence-electron chi connectivity index (χ0n) is 19.2. The molecule has 6 rings (SSSR count). The Bertz CT molecular complexity index is 1240. The molecule has 1 aromatic carbocycles. The monoisotopic (exact) mass is 464 g/mol. The number of hydrogen-bond donors (Lipinski definition) is 3. The highest BCUT2D eigenvalue weighted by Gasteiger charge is 2.34. The van der Waals surface area contributed by atoms with E-state index in [0.717, 1.165) is 42.9 Å². The lowest BCUT2D eigenvalue weighted by Gasteiger charge is -2.37. The van der Waals surface area contributed by atoms with Crippen LogP contribution in [0.25, 0.3) is 11.2 Å².